The third kappa shape index (κ3) is 6.97. The Kier molecular flexibility index (Phi) is 6.04. The van der Waals surface area contributed by atoms with Gasteiger partial charge in [-0.05, 0) is 6.92 Å². The fourth-order valence-electron chi connectivity index (χ4n) is 1.46. The van der Waals surface area contributed by atoms with Crippen LogP contribution < -0.4 is 10.1 Å². The van der Waals surface area contributed by atoms with Crippen LogP contribution in [0.4, 0.5) is 13.2 Å². The number of hydrogen-bond donors (Lipinski definition) is 1. The Morgan fingerprint density at radius 2 is 2.05 bits per heavy atom. The molecule has 4 nitrogen and oxygen atoms in total. The quantitative estimate of drug-likeness (QED) is 0.775. The normalized spacial score (nSPS) is 11.6. The van der Waals surface area contributed by atoms with Crippen molar-refractivity contribution in [3.8, 4) is 5.75 Å². The Hall–Kier alpha value is -1.34. The van der Waals surface area contributed by atoms with Crippen molar-refractivity contribution in [2.75, 3.05) is 26.9 Å². The fourth-order valence-corrected chi connectivity index (χ4v) is 1.46. The van der Waals surface area contributed by atoms with Crippen LogP contribution >= 0.6 is 0 Å². The summed E-state index contributed by atoms with van der Waals surface area (Å²) in [6.07, 6.45) is -4.27. The van der Waals surface area contributed by atoms with Gasteiger partial charge >= 0.3 is 6.18 Å². The molecule has 1 aromatic heterocycles. The summed E-state index contributed by atoms with van der Waals surface area (Å²) < 4.78 is 44.9. The number of nitrogens with one attached hydrogen (secondary N) is 1. The number of hydrogen-bond acceptors (Lipinski definition) is 4. The zero-order valence-electron chi connectivity index (χ0n) is 10.9. The highest BCUT2D eigenvalue weighted by atomic mass is 19.4. The molecule has 0 radical (unpaired) electrons. The summed E-state index contributed by atoms with van der Waals surface area (Å²) in [6, 6.07) is 3.58. The fraction of sp³-hybridized carbons (Fsp3) is 0.583. The second-order valence-electron chi connectivity index (χ2n) is 3.98. The number of pyridine rings is 1. The van der Waals surface area contributed by atoms with Crippen molar-refractivity contribution in [2.24, 2.45) is 0 Å². The Morgan fingerprint density at radius 3 is 2.68 bits per heavy atom. The molecule has 0 amide bonds. The lowest BCUT2D eigenvalue weighted by atomic mass is 10.3. The van der Waals surface area contributed by atoms with Gasteiger partial charge in [-0.15, -0.1) is 0 Å². The van der Waals surface area contributed by atoms with Crippen LogP contribution in [0, 0.1) is 6.92 Å². The van der Waals surface area contributed by atoms with Gasteiger partial charge in [-0.2, -0.15) is 13.2 Å². The van der Waals surface area contributed by atoms with Crippen molar-refractivity contribution in [2.45, 2.75) is 19.6 Å². The first-order chi connectivity index (χ1) is 8.90. The van der Waals surface area contributed by atoms with Gasteiger partial charge in [-0.25, -0.2) is 0 Å². The van der Waals surface area contributed by atoms with Crippen LogP contribution in [0.25, 0.3) is 0 Å². The van der Waals surface area contributed by atoms with E-state index in [4.69, 9.17) is 4.74 Å². The van der Waals surface area contributed by atoms with E-state index in [1.165, 1.54) is 0 Å². The topological polar surface area (TPSA) is 43.4 Å². The molecule has 0 aliphatic heterocycles. The van der Waals surface area contributed by atoms with Gasteiger partial charge in [0.05, 0.1) is 19.4 Å². The van der Waals surface area contributed by atoms with Gasteiger partial charge in [0.15, 0.2) is 0 Å². The molecule has 7 heteroatoms. The number of alkyl halides is 3. The lowest BCUT2D eigenvalue weighted by Crippen LogP contribution is -2.24. The van der Waals surface area contributed by atoms with Crippen LogP contribution in [-0.4, -0.2) is 38.0 Å². The van der Waals surface area contributed by atoms with Gasteiger partial charge in [-0.3, -0.25) is 4.98 Å². The molecule has 0 aromatic carbocycles. The highest BCUT2D eigenvalue weighted by Crippen LogP contribution is 2.14. The van der Waals surface area contributed by atoms with Crippen LogP contribution in [0.3, 0.4) is 0 Å². The molecule has 0 spiro atoms. The maximum atomic E-state index is 11.8. The van der Waals surface area contributed by atoms with Crippen molar-refractivity contribution in [3.63, 3.8) is 0 Å². The van der Waals surface area contributed by atoms with E-state index < -0.39 is 12.8 Å². The lowest BCUT2D eigenvalue weighted by Gasteiger charge is -2.09. The smallest absolute Gasteiger partial charge is 0.411 e. The van der Waals surface area contributed by atoms with Crippen LogP contribution in [0.1, 0.15) is 11.4 Å². The highest BCUT2D eigenvalue weighted by Gasteiger charge is 2.27. The number of ether oxygens (including phenoxy) is 2. The molecule has 1 aromatic rings. The van der Waals surface area contributed by atoms with Crippen molar-refractivity contribution >= 4 is 0 Å². The number of aryl methyl sites for hydroxylation is 1. The lowest BCUT2D eigenvalue weighted by molar-refractivity contribution is -0.173. The van der Waals surface area contributed by atoms with Gasteiger partial charge in [0.25, 0.3) is 0 Å². The van der Waals surface area contributed by atoms with Crippen LogP contribution in [0.15, 0.2) is 12.1 Å². The molecule has 1 N–H and O–H groups in total. The first kappa shape index (κ1) is 15.7. The number of methoxy groups -OCH3 is 1. The molecule has 0 unspecified atom stereocenters. The molecule has 0 fully saturated rings. The van der Waals surface area contributed by atoms with E-state index in [9.17, 15) is 13.2 Å². The third-order valence-electron chi connectivity index (χ3n) is 2.21. The molecule has 1 heterocycles. The van der Waals surface area contributed by atoms with Gasteiger partial charge in [0, 0.05) is 30.9 Å². The highest BCUT2D eigenvalue weighted by molar-refractivity contribution is 5.26. The summed E-state index contributed by atoms with van der Waals surface area (Å²) in [4.78, 5) is 4.28. The molecular weight excluding hydrogens is 261 g/mol. The maximum Gasteiger partial charge on any atom is 0.411 e. The SMILES string of the molecule is COc1cc(C)nc(CNCCOCC(F)(F)F)c1. The zero-order valence-corrected chi connectivity index (χ0v) is 10.9. The summed E-state index contributed by atoms with van der Waals surface area (Å²) >= 11 is 0. The molecule has 0 saturated heterocycles. The van der Waals surface area contributed by atoms with E-state index in [1.54, 1.807) is 19.2 Å². The van der Waals surface area contributed by atoms with Crippen molar-refractivity contribution in [1.29, 1.82) is 0 Å². The second kappa shape index (κ2) is 7.30. The van der Waals surface area contributed by atoms with Gasteiger partial charge < -0.3 is 14.8 Å². The van der Waals surface area contributed by atoms with Gasteiger partial charge in [0.2, 0.25) is 0 Å². The standard InChI is InChI=1S/C12H17F3N2O2/c1-9-5-11(18-2)6-10(17-9)7-16-3-4-19-8-12(13,14)15/h5-6,16H,3-4,7-8H2,1-2H3. The number of aromatic nitrogens is 1. The molecule has 1 rings (SSSR count). The van der Waals surface area contributed by atoms with E-state index >= 15 is 0 Å². The summed E-state index contributed by atoms with van der Waals surface area (Å²) in [5.41, 5.74) is 1.59. The number of nitrogens with zero attached hydrogens (tertiary/aromatic N) is 1. The largest absolute Gasteiger partial charge is 0.497 e. The molecular formula is C12H17F3N2O2. The first-order valence-corrected chi connectivity index (χ1v) is 5.77. The minimum absolute atomic E-state index is 0.00244. The monoisotopic (exact) mass is 278 g/mol. The Balaban J connectivity index is 2.24. The zero-order chi connectivity index (χ0) is 14.3. The molecule has 0 saturated carbocycles. The van der Waals surface area contributed by atoms with E-state index in [0.717, 1.165) is 11.4 Å². The number of halogens is 3. The van der Waals surface area contributed by atoms with E-state index in [-0.39, 0.29) is 6.61 Å². The van der Waals surface area contributed by atoms with Crippen molar-refractivity contribution < 1.29 is 22.6 Å². The molecule has 19 heavy (non-hydrogen) atoms. The molecule has 0 aliphatic carbocycles. The Labute approximate surface area is 109 Å². The molecule has 108 valence electrons. The van der Waals surface area contributed by atoms with Crippen LogP contribution in [0.5, 0.6) is 5.75 Å². The molecule has 0 aliphatic rings. The maximum absolute atomic E-state index is 11.8. The van der Waals surface area contributed by atoms with E-state index in [0.29, 0.717) is 18.8 Å². The predicted octanol–water partition coefficient (Wildman–Crippen LogP) is 2.07. The van der Waals surface area contributed by atoms with Gasteiger partial charge in [-0.1, -0.05) is 0 Å². The van der Waals surface area contributed by atoms with Crippen LogP contribution in [-0.2, 0) is 11.3 Å². The summed E-state index contributed by atoms with van der Waals surface area (Å²) in [6.45, 7) is 1.41. The Morgan fingerprint density at radius 1 is 1.32 bits per heavy atom. The summed E-state index contributed by atoms with van der Waals surface area (Å²) in [7, 11) is 1.57. The predicted molar refractivity (Wildman–Crippen MR) is 64.1 cm³/mol. The third-order valence-corrected chi connectivity index (χ3v) is 2.21. The summed E-state index contributed by atoms with van der Waals surface area (Å²) in [5.74, 6) is 0.706. The van der Waals surface area contributed by atoms with Crippen LogP contribution in [0.2, 0.25) is 0 Å². The molecule has 0 bridgehead atoms. The average Bonchev–Trinajstić information content (AvgIpc) is 2.31. The van der Waals surface area contributed by atoms with Crippen molar-refractivity contribution in [3.05, 3.63) is 23.5 Å². The number of rotatable bonds is 7. The summed E-state index contributed by atoms with van der Waals surface area (Å²) in [5, 5.41) is 2.96. The van der Waals surface area contributed by atoms with E-state index in [2.05, 4.69) is 15.0 Å². The second-order valence-corrected chi connectivity index (χ2v) is 3.98. The van der Waals surface area contributed by atoms with Gasteiger partial charge in [0.1, 0.15) is 12.4 Å². The average molecular weight is 278 g/mol. The van der Waals surface area contributed by atoms with E-state index in [1.807, 2.05) is 6.92 Å². The Bertz CT molecular complexity index is 397. The minimum Gasteiger partial charge on any atom is -0.497 e. The first-order valence-electron chi connectivity index (χ1n) is 5.77. The minimum atomic E-state index is -4.27. The van der Waals surface area contributed by atoms with Crippen molar-refractivity contribution in [1.82, 2.24) is 10.3 Å². The molecule has 0 atom stereocenters.